The number of piperazine rings is 1. The summed E-state index contributed by atoms with van der Waals surface area (Å²) in [6.45, 7) is 3.00. The number of carbonyl (C=O) groups excluding carboxylic acids is 2. The lowest BCUT2D eigenvalue weighted by Crippen LogP contribution is -2.53. The molecule has 2 amide bonds. The van der Waals surface area contributed by atoms with Gasteiger partial charge in [-0.15, -0.1) is 0 Å². The molecular weight excluding hydrogens is 417 g/mol. The molecule has 2 saturated heterocycles. The van der Waals surface area contributed by atoms with E-state index in [1.54, 1.807) is 0 Å². The molecule has 3 aromatic carbocycles. The van der Waals surface area contributed by atoms with Crippen molar-refractivity contribution in [1.82, 2.24) is 9.80 Å². The molecule has 0 aliphatic carbocycles. The summed E-state index contributed by atoms with van der Waals surface area (Å²) in [5.74, 6) is -0.842. The lowest BCUT2D eigenvalue weighted by molar-refractivity contribution is -0.123. The molecule has 168 valence electrons. The van der Waals surface area contributed by atoms with E-state index in [0.717, 1.165) is 13.1 Å². The molecule has 2 aliphatic heterocycles. The summed E-state index contributed by atoms with van der Waals surface area (Å²) >= 11 is 0. The number of benzene rings is 3. The average molecular weight is 444 g/mol. The molecule has 1 atom stereocenters. The molecule has 5 rings (SSSR count). The summed E-state index contributed by atoms with van der Waals surface area (Å²) in [4.78, 5) is 31.5. The van der Waals surface area contributed by atoms with Gasteiger partial charge in [0.2, 0.25) is 5.91 Å². The third-order valence-electron chi connectivity index (χ3n) is 6.59. The predicted molar refractivity (Wildman–Crippen MR) is 125 cm³/mol. The van der Waals surface area contributed by atoms with Crippen molar-refractivity contribution in [2.75, 3.05) is 31.1 Å². The van der Waals surface area contributed by atoms with E-state index < -0.39 is 11.9 Å². The minimum absolute atomic E-state index is 0.145. The average Bonchev–Trinajstić information content (AvgIpc) is 3.15. The Kier molecular flexibility index (Phi) is 6.03. The van der Waals surface area contributed by atoms with E-state index in [9.17, 15) is 14.0 Å². The van der Waals surface area contributed by atoms with Crippen molar-refractivity contribution in [3.05, 3.63) is 102 Å². The van der Waals surface area contributed by atoms with E-state index in [-0.39, 0.29) is 24.3 Å². The largest absolute Gasteiger partial charge is 0.290 e. The monoisotopic (exact) mass is 443 g/mol. The Morgan fingerprint density at radius 3 is 1.82 bits per heavy atom. The molecule has 2 heterocycles. The highest BCUT2D eigenvalue weighted by Crippen LogP contribution is 2.31. The molecule has 0 saturated carbocycles. The molecule has 5 nitrogen and oxygen atoms in total. The first-order valence-electron chi connectivity index (χ1n) is 11.3. The normalized spacial score (nSPS) is 20.1. The summed E-state index contributed by atoms with van der Waals surface area (Å²) in [7, 11) is 0. The van der Waals surface area contributed by atoms with Crippen molar-refractivity contribution >= 4 is 17.5 Å². The Bertz CT molecular complexity index is 1070. The van der Waals surface area contributed by atoms with E-state index in [1.807, 2.05) is 12.1 Å². The van der Waals surface area contributed by atoms with Gasteiger partial charge in [0.25, 0.3) is 5.91 Å². The van der Waals surface area contributed by atoms with Crippen molar-refractivity contribution in [1.29, 1.82) is 0 Å². The van der Waals surface area contributed by atoms with Crippen LogP contribution >= 0.6 is 0 Å². The van der Waals surface area contributed by atoms with Gasteiger partial charge in [0.15, 0.2) is 0 Å². The first kappa shape index (κ1) is 21.5. The maximum absolute atomic E-state index is 13.3. The maximum Gasteiger partial charge on any atom is 0.251 e. The number of imide groups is 1. The Morgan fingerprint density at radius 2 is 1.27 bits per heavy atom. The fourth-order valence-electron chi connectivity index (χ4n) is 4.95. The van der Waals surface area contributed by atoms with E-state index in [0.29, 0.717) is 18.8 Å². The quantitative estimate of drug-likeness (QED) is 0.562. The number of hydrogen-bond acceptors (Lipinski definition) is 4. The van der Waals surface area contributed by atoms with E-state index >= 15 is 0 Å². The van der Waals surface area contributed by atoms with Crippen LogP contribution in [0.2, 0.25) is 0 Å². The summed E-state index contributed by atoms with van der Waals surface area (Å²) in [5.41, 5.74) is 2.92. The van der Waals surface area contributed by atoms with Gasteiger partial charge in [-0.25, -0.2) is 9.29 Å². The van der Waals surface area contributed by atoms with Crippen LogP contribution in [0, 0.1) is 5.82 Å². The smallest absolute Gasteiger partial charge is 0.251 e. The van der Waals surface area contributed by atoms with Gasteiger partial charge in [0.05, 0.1) is 24.2 Å². The highest BCUT2D eigenvalue weighted by Gasteiger charge is 2.43. The number of rotatable bonds is 5. The maximum atomic E-state index is 13.3. The Labute approximate surface area is 193 Å². The number of hydrogen-bond donors (Lipinski definition) is 0. The van der Waals surface area contributed by atoms with Crippen LogP contribution in [0.25, 0.3) is 0 Å². The molecule has 2 fully saturated rings. The van der Waals surface area contributed by atoms with Crippen LogP contribution in [0.5, 0.6) is 0 Å². The minimum atomic E-state index is -0.461. The van der Waals surface area contributed by atoms with Gasteiger partial charge in [-0.1, -0.05) is 60.7 Å². The molecule has 6 heteroatoms. The van der Waals surface area contributed by atoms with Crippen LogP contribution in [0.15, 0.2) is 84.9 Å². The number of halogens is 1. The highest BCUT2D eigenvalue weighted by molar-refractivity contribution is 6.22. The molecule has 0 N–H and O–H groups in total. The second-order valence-electron chi connectivity index (χ2n) is 8.56. The van der Waals surface area contributed by atoms with E-state index in [4.69, 9.17) is 0 Å². The highest BCUT2D eigenvalue weighted by atomic mass is 19.1. The Balaban J connectivity index is 1.31. The van der Waals surface area contributed by atoms with Crippen LogP contribution in [0.1, 0.15) is 23.6 Å². The molecule has 0 spiro atoms. The standard InChI is InChI=1S/C27H26FN3O2/c28-22-11-13-23(14-12-22)31-25(32)19-24(27(31)33)29-15-17-30(18-16-29)26(20-7-3-1-4-8-20)21-9-5-2-6-10-21/h1-14,24,26H,15-19H2/t24-/m1/s1. The summed E-state index contributed by atoms with van der Waals surface area (Å²) < 4.78 is 13.3. The topological polar surface area (TPSA) is 43.9 Å². The second kappa shape index (κ2) is 9.25. The van der Waals surface area contributed by atoms with Crippen molar-refractivity contribution < 1.29 is 14.0 Å². The zero-order valence-electron chi connectivity index (χ0n) is 18.3. The van der Waals surface area contributed by atoms with Gasteiger partial charge in [0, 0.05) is 26.2 Å². The van der Waals surface area contributed by atoms with Gasteiger partial charge in [-0.2, -0.15) is 0 Å². The summed E-state index contributed by atoms with van der Waals surface area (Å²) in [6, 6.07) is 26.1. The van der Waals surface area contributed by atoms with Gasteiger partial charge in [-0.3, -0.25) is 19.4 Å². The molecule has 33 heavy (non-hydrogen) atoms. The number of nitrogens with zero attached hydrogens (tertiary/aromatic N) is 3. The van der Waals surface area contributed by atoms with Crippen molar-refractivity contribution in [3.63, 3.8) is 0 Å². The van der Waals surface area contributed by atoms with Crippen molar-refractivity contribution in [2.45, 2.75) is 18.5 Å². The molecule has 0 radical (unpaired) electrons. The first-order valence-corrected chi connectivity index (χ1v) is 11.3. The zero-order chi connectivity index (χ0) is 22.8. The lowest BCUT2D eigenvalue weighted by Gasteiger charge is -2.41. The minimum Gasteiger partial charge on any atom is -0.290 e. The van der Waals surface area contributed by atoms with Crippen LogP contribution in [0.4, 0.5) is 10.1 Å². The van der Waals surface area contributed by atoms with Crippen LogP contribution in [0.3, 0.4) is 0 Å². The van der Waals surface area contributed by atoms with E-state index in [2.05, 4.69) is 58.3 Å². The second-order valence-corrected chi connectivity index (χ2v) is 8.56. The van der Waals surface area contributed by atoms with Gasteiger partial charge < -0.3 is 0 Å². The van der Waals surface area contributed by atoms with Crippen molar-refractivity contribution in [3.8, 4) is 0 Å². The van der Waals surface area contributed by atoms with E-state index in [1.165, 1.54) is 40.3 Å². The van der Waals surface area contributed by atoms with Crippen LogP contribution < -0.4 is 4.90 Å². The van der Waals surface area contributed by atoms with Crippen LogP contribution in [-0.2, 0) is 9.59 Å². The molecule has 3 aromatic rings. The van der Waals surface area contributed by atoms with Gasteiger partial charge >= 0.3 is 0 Å². The number of anilines is 1. The van der Waals surface area contributed by atoms with Crippen LogP contribution in [-0.4, -0.2) is 53.8 Å². The summed E-state index contributed by atoms with van der Waals surface area (Å²) in [5, 5.41) is 0. The first-order chi connectivity index (χ1) is 16.1. The SMILES string of the molecule is O=C1C[C@@H](N2CCN(C(c3ccccc3)c3ccccc3)CC2)C(=O)N1c1ccc(F)cc1. The fourth-order valence-corrected chi connectivity index (χ4v) is 4.95. The molecule has 2 aliphatic rings. The van der Waals surface area contributed by atoms with Gasteiger partial charge in [-0.05, 0) is 35.4 Å². The third-order valence-corrected chi connectivity index (χ3v) is 6.59. The summed E-state index contributed by atoms with van der Waals surface area (Å²) in [6.07, 6.45) is 0.164. The number of amides is 2. The molecule has 0 aromatic heterocycles. The Morgan fingerprint density at radius 1 is 0.727 bits per heavy atom. The number of carbonyl (C=O) groups is 2. The zero-order valence-corrected chi connectivity index (χ0v) is 18.3. The lowest BCUT2D eigenvalue weighted by atomic mass is 9.96. The predicted octanol–water partition coefficient (Wildman–Crippen LogP) is 3.86. The molecule has 0 unspecified atom stereocenters. The van der Waals surface area contributed by atoms with Crippen molar-refractivity contribution in [2.24, 2.45) is 0 Å². The molecule has 0 bridgehead atoms. The third kappa shape index (κ3) is 4.32. The molecular formula is C27H26FN3O2. The Hall–Kier alpha value is -3.35. The fraction of sp³-hybridized carbons (Fsp3) is 0.259. The van der Waals surface area contributed by atoms with Gasteiger partial charge in [0.1, 0.15) is 5.82 Å².